The van der Waals surface area contributed by atoms with Crippen molar-refractivity contribution < 1.29 is 14.3 Å². The van der Waals surface area contributed by atoms with E-state index in [9.17, 15) is 4.79 Å². The highest BCUT2D eigenvalue weighted by Crippen LogP contribution is 2.14. The molecule has 1 aromatic carbocycles. The van der Waals surface area contributed by atoms with E-state index in [0.29, 0.717) is 19.7 Å². The normalized spacial score (nSPS) is 14.6. The molecule has 1 amide bonds. The number of rotatable bonds is 11. The summed E-state index contributed by atoms with van der Waals surface area (Å²) in [5, 5.41) is 0. The summed E-state index contributed by atoms with van der Waals surface area (Å²) in [6.07, 6.45) is 8.99. The van der Waals surface area contributed by atoms with Crippen molar-refractivity contribution in [1.82, 2.24) is 14.8 Å². The van der Waals surface area contributed by atoms with Crippen molar-refractivity contribution in [3.8, 4) is 5.75 Å². The number of carbonyl (C=O) groups is 1. The second-order valence-corrected chi connectivity index (χ2v) is 7.67. The summed E-state index contributed by atoms with van der Waals surface area (Å²) in [5.41, 5.74) is 2.06. The lowest BCUT2D eigenvalue weighted by Gasteiger charge is -2.28. The van der Waals surface area contributed by atoms with E-state index in [1.54, 1.807) is 18.5 Å². The molecule has 2 heterocycles. The van der Waals surface area contributed by atoms with Crippen molar-refractivity contribution in [2.75, 3.05) is 46.0 Å². The number of hydrogen-bond donors (Lipinski definition) is 0. The van der Waals surface area contributed by atoms with Gasteiger partial charge in [0.15, 0.2) is 0 Å². The summed E-state index contributed by atoms with van der Waals surface area (Å²) in [6.45, 7) is 8.60. The lowest BCUT2D eigenvalue weighted by atomic mass is 10.2. The molecule has 166 valence electrons. The number of amides is 1. The molecule has 0 radical (unpaired) electrons. The summed E-state index contributed by atoms with van der Waals surface area (Å²) in [4.78, 5) is 21.4. The molecule has 6 heteroatoms. The van der Waals surface area contributed by atoms with Gasteiger partial charge in [0.05, 0.1) is 19.8 Å². The largest absolute Gasteiger partial charge is 0.494 e. The van der Waals surface area contributed by atoms with E-state index in [4.69, 9.17) is 9.47 Å². The Labute approximate surface area is 185 Å². The molecule has 0 N–H and O–H groups in total. The Kier molecular flexibility index (Phi) is 9.54. The number of benzene rings is 1. The number of hydrogen-bond acceptors (Lipinski definition) is 5. The fourth-order valence-corrected chi connectivity index (χ4v) is 3.45. The Bertz CT molecular complexity index is 803. The zero-order valence-electron chi connectivity index (χ0n) is 18.4. The van der Waals surface area contributed by atoms with E-state index in [2.05, 4.69) is 16.8 Å². The van der Waals surface area contributed by atoms with Crippen LogP contribution in [0.2, 0.25) is 0 Å². The summed E-state index contributed by atoms with van der Waals surface area (Å²) >= 11 is 0. The van der Waals surface area contributed by atoms with Gasteiger partial charge < -0.3 is 14.4 Å². The molecule has 1 aromatic heterocycles. The van der Waals surface area contributed by atoms with Crippen molar-refractivity contribution in [1.29, 1.82) is 0 Å². The van der Waals surface area contributed by atoms with Gasteiger partial charge in [0, 0.05) is 51.2 Å². The number of ether oxygens (including phenoxy) is 2. The second-order valence-electron chi connectivity index (χ2n) is 7.67. The third-order valence-electron chi connectivity index (χ3n) is 5.21. The first-order valence-corrected chi connectivity index (χ1v) is 11.1. The lowest BCUT2D eigenvalue weighted by Crippen LogP contribution is -2.38. The maximum atomic E-state index is 13.0. The molecule has 1 saturated heterocycles. The van der Waals surface area contributed by atoms with Gasteiger partial charge in [-0.15, -0.1) is 0 Å². The monoisotopic (exact) mass is 423 g/mol. The highest BCUT2D eigenvalue weighted by molar-refractivity contribution is 5.91. The molecule has 31 heavy (non-hydrogen) atoms. The van der Waals surface area contributed by atoms with Crippen LogP contribution in [0.4, 0.5) is 0 Å². The third kappa shape index (κ3) is 8.15. The first kappa shape index (κ1) is 23.0. The Balaban J connectivity index is 1.58. The van der Waals surface area contributed by atoms with Gasteiger partial charge in [0.25, 0.3) is 0 Å². The van der Waals surface area contributed by atoms with E-state index in [1.807, 2.05) is 47.4 Å². The quantitative estimate of drug-likeness (QED) is 0.517. The van der Waals surface area contributed by atoms with Crippen LogP contribution < -0.4 is 4.74 Å². The van der Waals surface area contributed by atoms with Crippen LogP contribution in [-0.2, 0) is 16.1 Å². The summed E-state index contributed by atoms with van der Waals surface area (Å²) in [5.74, 6) is 0.873. The van der Waals surface area contributed by atoms with Crippen molar-refractivity contribution in [2.24, 2.45) is 0 Å². The third-order valence-corrected chi connectivity index (χ3v) is 5.21. The van der Waals surface area contributed by atoms with E-state index in [1.165, 1.54) is 0 Å². The first-order chi connectivity index (χ1) is 15.2. The second kappa shape index (κ2) is 12.9. The number of nitrogens with zero attached hydrogens (tertiary/aromatic N) is 3. The zero-order valence-corrected chi connectivity index (χ0v) is 18.4. The van der Waals surface area contributed by atoms with Gasteiger partial charge in [0.2, 0.25) is 5.91 Å². The number of pyridine rings is 1. The number of carbonyl (C=O) groups excluding carboxylic acids is 1. The molecular formula is C25H33N3O3. The molecule has 0 bridgehead atoms. The van der Waals surface area contributed by atoms with Crippen molar-refractivity contribution in [3.05, 3.63) is 66.0 Å². The minimum absolute atomic E-state index is 0.0186. The summed E-state index contributed by atoms with van der Waals surface area (Å²) in [7, 11) is 0. The summed E-state index contributed by atoms with van der Waals surface area (Å²) in [6, 6.07) is 11.7. The average Bonchev–Trinajstić information content (AvgIpc) is 2.82. The van der Waals surface area contributed by atoms with Gasteiger partial charge in [-0.25, -0.2) is 0 Å². The van der Waals surface area contributed by atoms with Crippen LogP contribution in [-0.4, -0.2) is 66.7 Å². The topological polar surface area (TPSA) is 54.9 Å². The van der Waals surface area contributed by atoms with E-state index < -0.39 is 0 Å². The van der Waals surface area contributed by atoms with Gasteiger partial charge in [-0.05, 0) is 54.3 Å². The predicted molar refractivity (Wildman–Crippen MR) is 123 cm³/mol. The molecule has 0 unspecified atom stereocenters. The molecule has 1 aliphatic rings. The summed E-state index contributed by atoms with van der Waals surface area (Å²) < 4.78 is 11.0. The minimum atomic E-state index is 0.0186. The Morgan fingerprint density at radius 2 is 1.90 bits per heavy atom. The van der Waals surface area contributed by atoms with Crippen LogP contribution in [0.15, 0.2) is 54.9 Å². The van der Waals surface area contributed by atoms with Crippen molar-refractivity contribution in [3.63, 3.8) is 0 Å². The molecule has 3 rings (SSSR count). The molecule has 0 atom stereocenters. The maximum Gasteiger partial charge on any atom is 0.246 e. The standard InChI is InChI=1S/C25H33N3O3/c1-2-18-31-24-7-4-22(5-8-24)6-9-25(29)28(21-23-10-12-26-13-11-23)15-3-14-27-16-19-30-20-17-27/h4-13H,2-3,14-21H2,1H3/b9-6+. The molecule has 0 saturated carbocycles. The smallest absolute Gasteiger partial charge is 0.246 e. The Morgan fingerprint density at radius 3 is 2.61 bits per heavy atom. The first-order valence-electron chi connectivity index (χ1n) is 11.1. The fraction of sp³-hybridized carbons (Fsp3) is 0.440. The molecule has 1 aliphatic heterocycles. The van der Waals surface area contributed by atoms with Crippen LogP contribution in [0.1, 0.15) is 30.9 Å². The zero-order chi connectivity index (χ0) is 21.7. The van der Waals surface area contributed by atoms with Crippen LogP contribution in [0, 0.1) is 0 Å². The van der Waals surface area contributed by atoms with E-state index in [-0.39, 0.29) is 5.91 Å². The SMILES string of the molecule is CCCOc1ccc(/C=C/C(=O)N(CCCN2CCOCC2)Cc2ccncc2)cc1. The molecular weight excluding hydrogens is 390 g/mol. The highest BCUT2D eigenvalue weighted by atomic mass is 16.5. The van der Waals surface area contributed by atoms with E-state index >= 15 is 0 Å². The van der Waals surface area contributed by atoms with Gasteiger partial charge in [-0.2, -0.15) is 0 Å². The number of aromatic nitrogens is 1. The molecule has 6 nitrogen and oxygen atoms in total. The van der Waals surface area contributed by atoms with Gasteiger partial charge in [-0.3, -0.25) is 14.7 Å². The number of morpholine rings is 1. The van der Waals surface area contributed by atoms with Crippen LogP contribution in [0.3, 0.4) is 0 Å². The lowest BCUT2D eigenvalue weighted by molar-refractivity contribution is -0.126. The molecule has 0 spiro atoms. The van der Waals surface area contributed by atoms with Gasteiger partial charge in [0.1, 0.15) is 5.75 Å². The van der Waals surface area contributed by atoms with Gasteiger partial charge in [-0.1, -0.05) is 19.1 Å². The van der Waals surface area contributed by atoms with Crippen molar-refractivity contribution >= 4 is 12.0 Å². The van der Waals surface area contributed by atoms with Crippen LogP contribution >= 0.6 is 0 Å². The molecule has 1 fully saturated rings. The molecule has 2 aromatic rings. The maximum absolute atomic E-state index is 13.0. The van der Waals surface area contributed by atoms with Crippen LogP contribution in [0.5, 0.6) is 5.75 Å². The Hall–Kier alpha value is -2.70. The van der Waals surface area contributed by atoms with Crippen LogP contribution in [0.25, 0.3) is 6.08 Å². The Morgan fingerprint density at radius 1 is 1.16 bits per heavy atom. The predicted octanol–water partition coefficient (Wildman–Crippen LogP) is 3.63. The van der Waals surface area contributed by atoms with Gasteiger partial charge >= 0.3 is 0 Å². The molecule has 0 aliphatic carbocycles. The fourth-order valence-electron chi connectivity index (χ4n) is 3.45. The van der Waals surface area contributed by atoms with Crippen molar-refractivity contribution in [2.45, 2.75) is 26.3 Å². The highest BCUT2D eigenvalue weighted by Gasteiger charge is 2.14. The average molecular weight is 424 g/mol. The van der Waals surface area contributed by atoms with E-state index in [0.717, 1.165) is 62.6 Å². The minimum Gasteiger partial charge on any atom is -0.494 e.